The first kappa shape index (κ1) is 14.3. The predicted molar refractivity (Wildman–Crippen MR) is 70.6 cm³/mol. The van der Waals surface area contributed by atoms with Gasteiger partial charge >= 0.3 is 5.97 Å². The fourth-order valence-electron chi connectivity index (χ4n) is 1.59. The zero-order valence-electron chi connectivity index (χ0n) is 10.3. The molecule has 1 aromatic carbocycles. The molecule has 18 heavy (non-hydrogen) atoms. The van der Waals surface area contributed by atoms with E-state index in [1.165, 1.54) is 0 Å². The Labute approximate surface area is 111 Å². The Hall–Kier alpha value is -1.73. The van der Waals surface area contributed by atoms with E-state index in [9.17, 15) is 4.79 Å². The number of nitrogens with one attached hydrogen (secondary N) is 1. The van der Waals surface area contributed by atoms with Gasteiger partial charge in [-0.1, -0.05) is 25.4 Å². The van der Waals surface area contributed by atoms with Crippen LogP contribution in [0.4, 0.5) is 5.69 Å². The van der Waals surface area contributed by atoms with E-state index in [1.807, 2.05) is 19.9 Å². The van der Waals surface area contributed by atoms with Crippen molar-refractivity contribution in [2.24, 2.45) is 11.8 Å². The summed E-state index contributed by atoms with van der Waals surface area (Å²) < 4.78 is 0. The summed E-state index contributed by atoms with van der Waals surface area (Å²) in [6.45, 7) is 3.99. The molecule has 0 aromatic heterocycles. The highest BCUT2D eigenvalue weighted by molar-refractivity contribution is 6.30. The van der Waals surface area contributed by atoms with Crippen molar-refractivity contribution in [3.05, 3.63) is 28.8 Å². The Morgan fingerprint density at radius 2 is 2.22 bits per heavy atom. The zero-order valence-corrected chi connectivity index (χ0v) is 11.0. The summed E-state index contributed by atoms with van der Waals surface area (Å²) in [4.78, 5) is 11.0. The molecular formula is C13H15ClN2O2. The lowest BCUT2D eigenvalue weighted by atomic mass is 9.96. The van der Waals surface area contributed by atoms with Gasteiger partial charge in [0.05, 0.1) is 17.2 Å². The molecule has 96 valence electrons. The monoisotopic (exact) mass is 266 g/mol. The number of rotatable bonds is 5. The van der Waals surface area contributed by atoms with Gasteiger partial charge in [-0.2, -0.15) is 5.26 Å². The number of hydrogen-bond acceptors (Lipinski definition) is 3. The van der Waals surface area contributed by atoms with Gasteiger partial charge in [0.2, 0.25) is 0 Å². The molecular weight excluding hydrogens is 252 g/mol. The van der Waals surface area contributed by atoms with Crippen LogP contribution in [0.1, 0.15) is 19.4 Å². The highest BCUT2D eigenvalue weighted by Gasteiger charge is 2.21. The molecule has 0 saturated carbocycles. The van der Waals surface area contributed by atoms with E-state index >= 15 is 0 Å². The van der Waals surface area contributed by atoms with E-state index in [-0.39, 0.29) is 12.5 Å². The quantitative estimate of drug-likeness (QED) is 0.859. The van der Waals surface area contributed by atoms with Crippen LogP contribution in [0.25, 0.3) is 0 Å². The SMILES string of the molecule is CC(C)C(CNc1ccc(Cl)cc1C#N)C(=O)O. The largest absolute Gasteiger partial charge is 0.481 e. The molecule has 4 nitrogen and oxygen atoms in total. The first-order valence-electron chi connectivity index (χ1n) is 5.62. The molecule has 0 amide bonds. The molecule has 1 rings (SSSR count). The second-order valence-corrected chi connectivity index (χ2v) is 4.81. The number of benzene rings is 1. The average molecular weight is 267 g/mol. The minimum Gasteiger partial charge on any atom is -0.481 e. The summed E-state index contributed by atoms with van der Waals surface area (Å²) in [5.41, 5.74) is 1.02. The maximum absolute atomic E-state index is 11.0. The van der Waals surface area contributed by atoms with Gasteiger partial charge in [-0.3, -0.25) is 4.79 Å². The van der Waals surface area contributed by atoms with Crippen LogP contribution in [-0.4, -0.2) is 17.6 Å². The van der Waals surface area contributed by atoms with Gasteiger partial charge in [0.25, 0.3) is 0 Å². The topological polar surface area (TPSA) is 73.1 Å². The van der Waals surface area contributed by atoms with Gasteiger partial charge in [0.15, 0.2) is 0 Å². The number of nitrogens with zero attached hydrogens (tertiary/aromatic N) is 1. The Balaban J connectivity index is 2.80. The maximum Gasteiger partial charge on any atom is 0.308 e. The van der Waals surface area contributed by atoms with Crippen LogP contribution < -0.4 is 5.32 Å². The van der Waals surface area contributed by atoms with Crippen LogP contribution in [0.3, 0.4) is 0 Å². The normalized spacial score (nSPS) is 11.9. The molecule has 0 radical (unpaired) electrons. The van der Waals surface area contributed by atoms with Crippen LogP contribution >= 0.6 is 11.6 Å². The number of hydrogen-bond donors (Lipinski definition) is 2. The number of halogens is 1. The van der Waals surface area contributed by atoms with Crippen LogP contribution in [0, 0.1) is 23.2 Å². The lowest BCUT2D eigenvalue weighted by Crippen LogP contribution is -2.27. The first-order chi connectivity index (χ1) is 8.45. The second kappa shape index (κ2) is 6.27. The summed E-state index contributed by atoms with van der Waals surface area (Å²) in [6, 6.07) is 6.92. The van der Waals surface area contributed by atoms with Crippen LogP contribution in [-0.2, 0) is 4.79 Å². The second-order valence-electron chi connectivity index (χ2n) is 4.37. The first-order valence-corrected chi connectivity index (χ1v) is 5.99. The standard InChI is InChI=1S/C13H15ClN2O2/c1-8(2)11(13(17)18)7-16-12-4-3-10(14)5-9(12)6-15/h3-5,8,11,16H,7H2,1-2H3,(H,17,18). The van der Waals surface area contributed by atoms with Gasteiger partial charge in [-0.15, -0.1) is 0 Å². The summed E-state index contributed by atoms with van der Waals surface area (Å²) in [7, 11) is 0. The lowest BCUT2D eigenvalue weighted by Gasteiger charge is -2.18. The molecule has 2 N–H and O–H groups in total. The van der Waals surface area contributed by atoms with Crippen molar-refractivity contribution < 1.29 is 9.90 Å². The van der Waals surface area contributed by atoms with E-state index in [4.69, 9.17) is 22.0 Å². The third-order valence-electron chi connectivity index (χ3n) is 2.74. The number of nitriles is 1. The Morgan fingerprint density at radius 3 is 2.72 bits per heavy atom. The van der Waals surface area contributed by atoms with Crippen molar-refractivity contribution in [3.8, 4) is 6.07 Å². The fraction of sp³-hybridized carbons (Fsp3) is 0.385. The number of carbonyl (C=O) groups is 1. The molecule has 1 unspecified atom stereocenters. The third-order valence-corrected chi connectivity index (χ3v) is 2.97. The van der Waals surface area contributed by atoms with Gasteiger partial charge in [0, 0.05) is 11.6 Å². The number of carboxylic acids is 1. The predicted octanol–water partition coefficient (Wildman–Crippen LogP) is 2.98. The molecule has 1 atom stereocenters. The Bertz CT molecular complexity index is 480. The van der Waals surface area contributed by atoms with E-state index in [0.717, 1.165) is 0 Å². The van der Waals surface area contributed by atoms with Gasteiger partial charge in [0.1, 0.15) is 6.07 Å². The number of anilines is 1. The molecule has 0 heterocycles. The van der Waals surface area contributed by atoms with Crippen LogP contribution in [0.2, 0.25) is 5.02 Å². The Morgan fingerprint density at radius 1 is 1.56 bits per heavy atom. The van der Waals surface area contributed by atoms with Gasteiger partial charge in [-0.05, 0) is 24.1 Å². The molecule has 0 aliphatic carbocycles. The molecule has 0 aliphatic heterocycles. The Kier molecular flexibility index (Phi) is 4.99. The molecule has 0 saturated heterocycles. The van der Waals surface area contributed by atoms with Crippen LogP contribution in [0.5, 0.6) is 0 Å². The molecule has 1 aromatic rings. The van der Waals surface area contributed by atoms with Crippen molar-refractivity contribution in [1.82, 2.24) is 0 Å². The highest BCUT2D eigenvalue weighted by atomic mass is 35.5. The van der Waals surface area contributed by atoms with Crippen molar-refractivity contribution in [3.63, 3.8) is 0 Å². The van der Waals surface area contributed by atoms with Gasteiger partial charge < -0.3 is 10.4 Å². The third kappa shape index (κ3) is 3.64. The zero-order chi connectivity index (χ0) is 13.7. The number of aliphatic carboxylic acids is 1. The van der Waals surface area contributed by atoms with E-state index in [1.54, 1.807) is 18.2 Å². The molecule has 0 fully saturated rings. The average Bonchev–Trinajstić information content (AvgIpc) is 2.30. The summed E-state index contributed by atoms with van der Waals surface area (Å²) in [6.07, 6.45) is 0. The van der Waals surface area contributed by atoms with Crippen molar-refractivity contribution in [2.45, 2.75) is 13.8 Å². The van der Waals surface area contributed by atoms with E-state index in [2.05, 4.69) is 5.32 Å². The van der Waals surface area contributed by atoms with Crippen molar-refractivity contribution >= 4 is 23.3 Å². The van der Waals surface area contributed by atoms with Crippen molar-refractivity contribution in [2.75, 3.05) is 11.9 Å². The summed E-state index contributed by atoms with van der Waals surface area (Å²) in [5.74, 6) is -1.31. The molecule has 5 heteroatoms. The summed E-state index contributed by atoms with van der Waals surface area (Å²) in [5, 5.41) is 21.5. The molecule has 0 aliphatic rings. The van der Waals surface area contributed by atoms with Crippen LogP contribution in [0.15, 0.2) is 18.2 Å². The minimum absolute atomic E-state index is 0.0211. The summed E-state index contributed by atoms with van der Waals surface area (Å²) >= 11 is 5.79. The van der Waals surface area contributed by atoms with E-state index in [0.29, 0.717) is 16.3 Å². The molecule has 0 bridgehead atoms. The highest BCUT2D eigenvalue weighted by Crippen LogP contribution is 2.21. The number of carboxylic acid groups (broad SMARTS) is 1. The maximum atomic E-state index is 11.0. The minimum atomic E-state index is -0.843. The molecule has 0 spiro atoms. The fourth-order valence-corrected chi connectivity index (χ4v) is 1.76. The smallest absolute Gasteiger partial charge is 0.308 e. The lowest BCUT2D eigenvalue weighted by molar-refractivity contribution is -0.142. The van der Waals surface area contributed by atoms with Gasteiger partial charge in [-0.25, -0.2) is 0 Å². The van der Waals surface area contributed by atoms with Crippen molar-refractivity contribution in [1.29, 1.82) is 5.26 Å². The van der Waals surface area contributed by atoms with E-state index < -0.39 is 11.9 Å².